The van der Waals surface area contributed by atoms with Gasteiger partial charge < -0.3 is 0 Å². The van der Waals surface area contributed by atoms with Crippen molar-refractivity contribution < 1.29 is 0 Å². The monoisotopic (exact) mass is 390 g/mol. The quantitative estimate of drug-likeness (QED) is 0.117. The third-order valence-corrected chi connectivity index (χ3v) is 4.37. The van der Waals surface area contributed by atoms with Crippen LogP contribution in [0.15, 0.2) is 24.3 Å². The summed E-state index contributed by atoms with van der Waals surface area (Å²) in [6.07, 6.45) is 27.1. The topological polar surface area (TPSA) is 0 Å². The molecule has 0 aromatic carbocycles. The normalized spacial score (nSPS) is 11.9. The van der Waals surface area contributed by atoms with E-state index in [1.54, 1.807) is 0 Å². The summed E-state index contributed by atoms with van der Waals surface area (Å²) >= 11 is 2.48. The van der Waals surface area contributed by atoms with Gasteiger partial charge in [-0.3, -0.25) is 0 Å². The largest absolute Gasteiger partial charge is 0.0864 e. The fraction of sp³-hybridized carbons (Fsp3) is 0.789. The molecule has 0 N–H and O–H groups in total. The molecule has 0 rings (SSSR count). The molecule has 0 heterocycles. The summed E-state index contributed by atoms with van der Waals surface area (Å²) in [7, 11) is 0. The van der Waals surface area contributed by atoms with Gasteiger partial charge in [0.05, 0.1) is 0 Å². The van der Waals surface area contributed by atoms with Crippen molar-refractivity contribution in [1.82, 2.24) is 0 Å². The van der Waals surface area contributed by atoms with Gasteiger partial charge in [-0.05, 0) is 30.1 Å². The molecule has 0 aromatic heterocycles. The number of hydrogen-bond acceptors (Lipinski definition) is 0. The Hall–Kier alpha value is 0.210. The molecule has 0 aliphatic carbocycles. The van der Waals surface area contributed by atoms with Gasteiger partial charge in [-0.25, -0.2) is 0 Å². The molecule has 0 amide bonds. The Labute approximate surface area is 141 Å². The number of rotatable bonds is 15. The zero-order valence-electron chi connectivity index (χ0n) is 13.6. The van der Waals surface area contributed by atoms with E-state index in [4.69, 9.17) is 0 Å². The Morgan fingerprint density at radius 2 is 1.05 bits per heavy atom. The van der Waals surface area contributed by atoms with Crippen molar-refractivity contribution >= 4 is 22.6 Å². The van der Waals surface area contributed by atoms with Crippen LogP contribution in [0.1, 0.15) is 90.4 Å². The molecule has 0 bridgehead atoms. The highest BCUT2D eigenvalue weighted by Crippen LogP contribution is 2.11. The number of hydrogen-bond donors (Lipinski definition) is 0. The van der Waals surface area contributed by atoms with Crippen LogP contribution in [-0.2, 0) is 0 Å². The molecule has 1 heteroatoms. The molecule has 0 unspecified atom stereocenters. The average Bonchev–Trinajstić information content (AvgIpc) is 2.47. The fourth-order valence-corrected chi connectivity index (χ4v) is 2.81. The Bertz CT molecular complexity index is 218. The minimum atomic E-state index is 1.23. The molecule has 0 aliphatic heterocycles. The van der Waals surface area contributed by atoms with Crippen molar-refractivity contribution in [2.24, 2.45) is 0 Å². The van der Waals surface area contributed by atoms with Crippen LogP contribution in [0.3, 0.4) is 0 Å². The Kier molecular flexibility index (Phi) is 19.4. The summed E-state index contributed by atoms with van der Waals surface area (Å²) < 4.78 is 1.33. The standard InChI is InChI=1S/C19H35I/c1-2-3-4-5-6-7-8-9-10-11-12-13-14-15-16-17-18-19-20/h5-8H,2-4,9-19H2,1H3/b6-5+,8-7-. The van der Waals surface area contributed by atoms with E-state index in [9.17, 15) is 0 Å². The van der Waals surface area contributed by atoms with E-state index in [-0.39, 0.29) is 0 Å². The molecular weight excluding hydrogens is 355 g/mol. The molecule has 0 saturated heterocycles. The summed E-state index contributed by atoms with van der Waals surface area (Å²) in [6, 6.07) is 0. The third-order valence-electron chi connectivity index (χ3n) is 3.61. The molecule has 0 aromatic rings. The van der Waals surface area contributed by atoms with Gasteiger partial charge >= 0.3 is 0 Å². The van der Waals surface area contributed by atoms with Crippen LogP contribution >= 0.6 is 22.6 Å². The van der Waals surface area contributed by atoms with Crippen LogP contribution in [0.4, 0.5) is 0 Å². The van der Waals surface area contributed by atoms with E-state index in [2.05, 4.69) is 53.8 Å². The Morgan fingerprint density at radius 3 is 1.55 bits per heavy atom. The number of allylic oxidation sites excluding steroid dienone is 4. The van der Waals surface area contributed by atoms with E-state index < -0.39 is 0 Å². The number of halogens is 1. The maximum atomic E-state index is 2.48. The van der Waals surface area contributed by atoms with Crippen molar-refractivity contribution in [1.29, 1.82) is 0 Å². The summed E-state index contributed by atoms with van der Waals surface area (Å²) in [5, 5.41) is 0. The minimum Gasteiger partial charge on any atom is -0.0864 e. The van der Waals surface area contributed by atoms with E-state index in [1.165, 1.54) is 87.9 Å². The number of alkyl halides is 1. The first-order valence-corrected chi connectivity index (χ1v) is 10.3. The van der Waals surface area contributed by atoms with Crippen molar-refractivity contribution in [3.8, 4) is 0 Å². The van der Waals surface area contributed by atoms with Gasteiger partial charge in [-0.2, -0.15) is 0 Å². The molecule has 118 valence electrons. The molecule has 20 heavy (non-hydrogen) atoms. The van der Waals surface area contributed by atoms with Crippen LogP contribution in [0, 0.1) is 0 Å². The first kappa shape index (κ1) is 20.2. The first-order chi connectivity index (χ1) is 9.91. The summed E-state index contributed by atoms with van der Waals surface area (Å²) in [6.45, 7) is 2.24. The summed E-state index contributed by atoms with van der Waals surface area (Å²) in [4.78, 5) is 0. The third kappa shape index (κ3) is 18.2. The van der Waals surface area contributed by atoms with Gasteiger partial charge in [0.25, 0.3) is 0 Å². The van der Waals surface area contributed by atoms with E-state index in [0.29, 0.717) is 0 Å². The van der Waals surface area contributed by atoms with Crippen molar-refractivity contribution in [2.45, 2.75) is 90.4 Å². The zero-order chi connectivity index (χ0) is 14.7. The highest BCUT2D eigenvalue weighted by Gasteiger charge is 1.91. The highest BCUT2D eigenvalue weighted by atomic mass is 127. The maximum absolute atomic E-state index is 2.48. The van der Waals surface area contributed by atoms with Crippen molar-refractivity contribution in [3.63, 3.8) is 0 Å². The lowest BCUT2D eigenvalue weighted by Gasteiger charge is -2.00. The number of unbranched alkanes of at least 4 members (excludes halogenated alkanes) is 11. The van der Waals surface area contributed by atoms with Crippen LogP contribution in [0.5, 0.6) is 0 Å². The van der Waals surface area contributed by atoms with Crippen molar-refractivity contribution in [3.05, 3.63) is 24.3 Å². The molecule has 0 saturated carbocycles. The predicted octanol–water partition coefficient (Wildman–Crippen LogP) is 7.63. The van der Waals surface area contributed by atoms with Gasteiger partial charge in [0, 0.05) is 0 Å². The van der Waals surface area contributed by atoms with E-state index >= 15 is 0 Å². The molecule has 0 nitrogen and oxygen atoms in total. The van der Waals surface area contributed by atoms with Crippen LogP contribution in [0.2, 0.25) is 0 Å². The molecular formula is C19H35I. The molecule has 0 atom stereocenters. The van der Waals surface area contributed by atoms with Crippen LogP contribution in [-0.4, -0.2) is 4.43 Å². The Morgan fingerprint density at radius 1 is 0.600 bits per heavy atom. The smallest absolute Gasteiger partial charge is 0.000473 e. The SMILES string of the molecule is CCCC/C=C/C=C\CCCCCCCCCCCI. The molecule has 0 fully saturated rings. The molecule has 0 spiro atoms. The van der Waals surface area contributed by atoms with Crippen molar-refractivity contribution in [2.75, 3.05) is 4.43 Å². The Balaban J connectivity index is 3.09. The second-order valence-electron chi connectivity index (χ2n) is 5.66. The molecule has 0 aliphatic rings. The maximum Gasteiger partial charge on any atom is -0.000473 e. The van der Waals surface area contributed by atoms with Gasteiger partial charge in [-0.15, -0.1) is 0 Å². The second-order valence-corrected chi connectivity index (χ2v) is 6.74. The first-order valence-electron chi connectivity index (χ1n) is 8.79. The lowest BCUT2D eigenvalue weighted by Crippen LogP contribution is -1.82. The van der Waals surface area contributed by atoms with Gasteiger partial charge in [0.1, 0.15) is 0 Å². The predicted molar refractivity (Wildman–Crippen MR) is 103 cm³/mol. The summed E-state index contributed by atoms with van der Waals surface area (Å²) in [5.41, 5.74) is 0. The zero-order valence-corrected chi connectivity index (χ0v) is 15.7. The fourth-order valence-electron chi connectivity index (χ4n) is 2.27. The average molecular weight is 390 g/mol. The highest BCUT2D eigenvalue weighted by molar-refractivity contribution is 14.1. The van der Waals surface area contributed by atoms with Gasteiger partial charge in [0.2, 0.25) is 0 Å². The summed E-state index contributed by atoms with van der Waals surface area (Å²) in [5.74, 6) is 0. The van der Waals surface area contributed by atoms with Crippen LogP contribution in [0.25, 0.3) is 0 Å². The van der Waals surface area contributed by atoms with E-state index in [0.717, 1.165) is 0 Å². The second kappa shape index (κ2) is 19.2. The minimum absolute atomic E-state index is 1.23. The molecule has 0 radical (unpaired) electrons. The van der Waals surface area contributed by atoms with Crippen LogP contribution < -0.4 is 0 Å². The van der Waals surface area contributed by atoms with E-state index in [1.807, 2.05) is 0 Å². The van der Waals surface area contributed by atoms with Gasteiger partial charge in [-0.1, -0.05) is 112 Å². The lowest BCUT2D eigenvalue weighted by atomic mass is 10.1. The van der Waals surface area contributed by atoms with Gasteiger partial charge in [0.15, 0.2) is 0 Å². The lowest BCUT2D eigenvalue weighted by molar-refractivity contribution is 0.568.